The zero-order chi connectivity index (χ0) is 8.53. The van der Waals surface area contributed by atoms with Crippen LogP contribution in [0.3, 0.4) is 0 Å². The van der Waals surface area contributed by atoms with Crippen LogP contribution in [0.4, 0.5) is 0 Å². The number of primary amides is 1. The number of nitrogens with one attached hydrogen (secondary N) is 2. The van der Waals surface area contributed by atoms with Crippen LogP contribution in [0.1, 0.15) is 0 Å². The standard InChI is InChI=1S/C6H13N3O2/c7-6(11)5-9-2-1-8-3-4-10/h4,8-9H,1-3,5H2,(H2,7,11). The molecule has 0 rings (SSSR count). The van der Waals surface area contributed by atoms with Gasteiger partial charge in [0.1, 0.15) is 6.29 Å². The van der Waals surface area contributed by atoms with Crippen molar-refractivity contribution in [3.05, 3.63) is 0 Å². The third-order valence-corrected chi connectivity index (χ3v) is 1.01. The first-order valence-corrected chi connectivity index (χ1v) is 3.40. The molecule has 5 nitrogen and oxygen atoms in total. The van der Waals surface area contributed by atoms with Crippen molar-refractivity contribution in [2.45, 2.75) is 0 Å². The van der Waals surface area contributed by atoms with E-state index in [1.54, 1.807) is 0 Å². The van der Waals surface area contributed by atoms with E-state index < -0.39 is 0 Å². The highest BCUT2D eigenvalue weighted by atomic mass is 16.1. The lowest BCUT2D eigenvalue weighted by molar-refractivity contribution is -0.117. The molecule has 11 heavy (non-hydrogen) atoms. The third-order valence-electron chi connectivity index (χ3n) is 1.01. The number of hydrogen-bond acceptors (Lipinski definition) is 4. The van der Waals surface area contributed by atoms with E-state index in [0.29, 0.717) is 19.6 Å². The number of rotatable bonds is 7. The van der Waals surface area contributed by atoms with Crippen molar-refractivity contribution < 1.29 is 9.59 Å². The van der Waals surface area contributed by atoms with Gasteiger partial charge in [0, 0.05) is 13.1 Å². The van der Waals surface area contributed by atoms with Crippen molar-refractivity contribution in [2.24, 2.45) is 5.73 Å². The van der Waals surface area contributed by atoms with Crippen molar-refractivity contribution >= 4 is 12.2 Å². The molecular weight excluding hydrogens is 146 g/mol. The van der Waals surface area contributed by atoms with Gasteiger partial charge in [-0.15, -0.1) is 0 Å². The highest BCUT2D eigenvalue weighted by Crippen LogP contribution is 1.58. The van der Waals surface area contributed by atoms with Crippen molar-refractivity contribution in [2.75, 3.05) is 26.2 Å². The van der Waals surface area contributed by atoms with Gasteiger partial charge >= 0.3 is 0 Å². The Hall–Kier alpha value is -0.940. The van der Waals surface area contributed by atoms with Gasteiger partial charge in [0.2, 0.25) is 5.91 Å². The van der Waals surface area contributed by atoms with Crippen LogP contribution in [-0.4, -0.2) is 38.4 Å². The normalized spacial score (nSPS) is 9.45. The summed E-state index contributed by atoms with van der Waals surface area (Å²) in [6, 6.07) is 0. The maximum atomic E-state index is 10.2. The van der Waals surface area contributed by atoms with Gasteiger partial charge in [0.05, 0.1) is 13.1 Å². The van der Waals surface area contributed by atoms with Gasteiger partial charge < -0.3 is 21.2 Å². The smallest absolute Gasteiger partial charge is 0.231 e. The Bertz CT molecular complexity index is 127. The Morgan fingerprint density at radius 2 is 2.00 bits per heavy atom. The number of carbonyl (C=O) groups is 2. The molecule has 0 saturated heterocycles. The predicted molar refractivity (Wildman–Crippen MR) is 41.0 cm³/mol. The maximum Gasteiger partial charge on any atom is 0.231 e. The molecule has 0 aliphatic carbocycles. The van der Waals surface area contributed by atoms with E-state index in [4.69, 9.17) is 5.73 Å². The Balaban J connectivity index is 2.90. The summed E-state index contributed by atoms with van der Waals surface area (Å²) in [5.41, 5.74) is 4.86. The quantitative estimate of drug-likeness (QED) is 0.292. The highest BCUT2D eigenvalue weighted by Gasteiger charge is 1.90. The molecule has 0 aromatic carbocycles. The van der Waals surface area contributed by atoms with Gasteiger partial charge in [-0.25, -0.2) is 0 Å². The van der Waals surface area contributed by atoms with E-state index in [-0.39, 0.29) is 12.5 Å². The molecule has 4 N–H and O–H groups in total. The average molecular weight is 159 g/mol. The van der Waals surface area contributed by atoms with Gasteiger partial charge in [-0.2, -0.15) is 0 Å². The second kappa shape index (κ2) is 7.17. The molecule has 0 aromatic rings. The van der Waals surface area contributed by atoms with Crippen LogP contribution in [0.25, 0.3) is 0 Å². The fourth-order valence-corrected chi connectivity index (χ4v) is 0.549. The number of amides is 1. The average Bonchev–Trinajstić information content (AvgIpc) is 1.96. The Labute approximate surface area is 65.3 Å². The van der Waals surface area contributed by atoms with Crippen LogP contribution in [0.5, 0.6) is 0 Å². The third kappa shape index (κ3) is 9.06. The van der Waals surface area contributed by atoms with E-state index in [2.05, 4.69) is 10.6 Å². The van der Waals surface area contributed by atoms with Gasteiger partial charge in [0.15, 0.2) is 0 Å². The minimum Gasteiger partial charge on any atom is -0.369 e. The zero-order valence-electron chi connectivity index (χ0n) is 6.30. The molecule has 0 radical (unpaired) electrons. The SMILES string of the molecule is NC(=O)CNCCNCC=O. The molecule has 0 spiro atoms. The molecule has 1 amide bonds. The minimum atomic E-state index is -0.375. The van der Waals surface area contributed by atoms with Crippen LogP contribution in [0, 0.1) is 0 Å². The fraction of sp³-hybridized carbons (Fsp3) is 0.667. The van der Waals surface area contributed by atoms with E-state index >= 15 is 0 Å². The van der Waals surface area contributed by atoms with Crippen LogP contribution < -0.4 is 16.4 Å². The molecule has 5 heteroatoms. The number of nitrogens with two attached hydrogens (primary N) is 1. The summed E-state index contributed by atoms with van der Waals surface area (Å²) in [6.07, 6.45) is 0.786. The maximum absolute atomic E-state index is 10.2. The summed E-state index contributed by atoms with van der Waals surface area (Å²) < 4.78 is 0. The zero-order valence-corrected chi connectivity index (χ0v) is 6.30. The first kappa shape index (κ1) is 10.1. The molecular formula is C6H13N3O2. The van der Waals surface area contributed by atoms with E-state index in [9.17, 15) is 9.59 Å². The largest absolute Gasteiger partial charge is 0.369 e. The Morgan fingerprint density at radius 3 is 2.55 bits per heavy atom. The molecule has 0 aliphatic heterocycles. The highest BCUT2D eigenvalue weighted by molar-refractivity contribution is 5.75. The molecule has 0 aliphatic rings. The molecule has 0 unspecified atom stereocenters. The summed E-state index contributed by atoms with van der Waals surface area (Å²) in [4.78, 5) is 20.0. The summed E-state index contributed by atoms with van der Waals surface area (Å²) in [6.45, 7) is 1.82. The minimum absolute atomic E-state index is 0.183. The van der Waals surface area contributed by atoms with Crippen LogP contribution >= 0.6 is 0 Å². The van der Waals surface area contributed by atoms with Crippen molar-refractivity contribution in [1.82, 2.24) is 10.6 Å². The van der Waals surface area contributed by atoms with Crippen molar-refractivity contribution in [1.29, 1.82) is 0 Å². The van der Waals surface area contributed by atoms with Gasteiger partial charge in [-0.3, -0.25) is 4.79 Å². The molecule has 0 atom stereocenters. The molecule has 0 bridgehead atoms. The first-order chi connectivity index (χ1) is 5.27. The lowest BCUT2D eigenvalue weighted by Crippen LogP contribution is -2.34. The molecule has 0 heterocycles. The van der Waals surface area contributed by atoms with Crippen molar-refractivity contribution in [3.8, 4) is 0 Å². The second-order valence-electron chi connectivity index (χ2n) is 2.01. The monoisotopic (exact) mass is 159 g/mol. The number of aldehydes is 1. The van der Waals surface area contributed by atoms with Crippen molar-refractivity contribution in [3.63, 3.8) is 0 Å². The summed E-state index contributed by atoms with van der Waals surface area (Å²) >= 11 is 0. The van der Waals surface area contributed by atoms with E-state index in [1.807, 2.05) is 0 Å². The number of carbonyl (C=O) groups excluding carboxylic acids is 2. The molecule has 64 valence electrons. The first-order valence-electron chi connectivity index (χ1n) is 3.40. The predicted octanol–water partition coefficient (Wildman–Crippen LogP) is -2.15. The lowest BCUT2D eigenvalue weighted by atomic mass is 10.5. The molecule has 0 aromatic heterocycles. The summed E-state index contributed by atoms with van der Waals surface area (Å²) in [7, 11) is 0. The van der Waals surface area contributed by atoms with E-state index in [0.717, 1.165) is 6.29 Å². The van der Waals surface area contributed by atoms with Gasteiger partial charge in [-0.1, -0.05) is 0 Å². The molecule has 0 saturated carbocycles. The van der Waals surface area contributed by atoms with Gasteiger partial charge in [0.25, 0.3) is 0 Å². The van der Waals surface area contributed by atoms with Crippen LogP contribution in [0.15, 0.2) is 0 Å². The summed E-state index contributed by atoms with van der Waals surface area (Å²) in [5, 5.41) is 5.62. The lowest BCUT2D eigenvalue weighted by Gasteiger charge is -2.00. The van der Waals surface area contributed by atoms with Crippen LogP contribution in [0.2, 0.25) is 0 Å². The second-order valence-corrected chi connectivity index (χ2v) is 2.01. The Morgan fingerprint density at radius 1 is 1.36 bits per heavy atom. The fourth-order valence-electron chi connectivity index (χ4n) is 0.549. The number of hydrogen-bond donors (Lipinski definition) is 3. The Kier molecular flexibility index (Phi) is 6.56. The van der Waals surface area contributed by atoms with Crippen LogP contribution in [-0.2, 0) is 9.59 Å². The topological polar surface area (TPSA) is 84.2 Å². The molecule has 0 fully saturated rings. The van der Waals surface area contributed by atoms with E-state index in [1.165, 1.54) is 0 Å². The van der Waals surface area contributed by atoms with Gasteiger partial charge in [-0.05, 0) is 0 Å². The summed E-state index contributed by atoms with van der Waals surface area (Å²) in [5.74, 6) is -0.375.